The van der Waals surface area contributed by atoms with Gasteiger partial charge in [0.05, 0.1) is 5.41 Å². The van der Waals surface area contributed by atoms with E-state index in [1.807, 2.05) is 18.2 Å². The molecule has 4 nitrogen and oxygen atoms in total. The molecule has 0 radical (unpaired) electrons. The summed E-state index contributed by atoms with van der Waals surface area (Å²) >= 11 is 0. The average molecular weight is 728 g/mol. The summed E-state index contributed by atoms with van der Waals surface area (Å²) in [5, 5.41) is 2.50. The van der Waals surface area contributed by atoms with Gasteiger partial charge in [-0.2, -0.15) is 0 Å². The summed E-state index contributed by atoms with van der Waals surface area (Å²) in [6, 6.07) is 62.6. The van der Waals surface area contributed by atoms with Crippen LogP contribution in [0.2, 0.25) is 0 Å². The molecule has 266 valence electrons. The molecule has 0 atom stereocenters. The number of allylic oxidation sites excluding steroid dienone is 1. The van der Waals surface area contributed by atoms with Crippen LogP contribution in [0.15, 0.2) is 182 Å². The molecule has 3 aliphatic rings. The summed E-state index contributed by atoms with van der Waals surface area (Å²) in [7, 11) is 0. The second kappa shape index (κ2) is 12.3. The fraction of sp³-hybridized carbons (Fsp3) is 0.0377. The molecule has 57 heavy (non-hydrogen) atoms. The Morgan fingerprint density at radius 2 is 1.02 bits per heavy atom. The van der Waals surface area contributed by atoms with E-state index in [4.69, 9.17) is 19.7 Å². The summed E-state index contributed by atoms with van der Waals surface area (Å²) < 4.78 is 6.68. The molecule has 8 aromatic carbocycles. The highest BCUT2D eigenvalue weighted by molar-refractivity contribution is 5.98. The summed E-state index contributed by atoms with van der Waals surface area (Å²) in [5.74, 6) is 3.71. The fourth-order valence-electron chi connectivity index (χ4n) is 9.48. The largest absolute Gasteiger partial charge is 0.457 e. The Bertz CT molecular complexity index is 3080. The number of hydrogen-bond donors (Lipinski definition) is 0. The number of nitrogens with zero attached hydrogens (tertiary/aromatic N) is 3. The zero-order chi connectivity index (χ0) is 37.5. The van der Waals surface area contributed by atoms with E-state index in [0.29, 0.717) is 17.5 Å². The van der Waals surface area contributed by atoms with Gasteiger partial charge in [-0.1, -0.05) is 158 Å². The van der Waals surface area contributed by atoms with Crippen LogP contribution >= 0.6 is 0 Å². The van der Waals surface area contributed by atoms with E-state index in [1.54, 1.807) is 0 Å². The lowest BCUT2D eigenvalue weighted by atomic mass is 9.66. The van der Waals surface area contributed by atoms with Crippen molar-refractivity contribution in [3.05, 3.63) is 215 Å². The van der Waals surface area contributed by atoms with Gasteiger partial charge in [0.15, 0.2) is 17.5 Å². The molecule has 2 heterocycles. The summed E-state index contributed by atoms with van der Waals surface area (Å²) in [6.07, 6.45) is 5.40. The van der Waals surface area contributed by atoms with Gasteiger partial charge in [-0.3, -0.25) is 0 Å². The Balaban J connectivity index is 0.985. The van der Waals surface area contributed by atoms with Gasteiger partial charge in [-0.05, 0) is 92.0 Å². The number of fused-ring (bicyclic) bond motifs is 9. The quantitative estimate of drug-likeness (QED) is 0.181. The number of rotatable bonds is 4. The van der Waals surface area contributed by atoms with Crippen LogP contribution in [-0.4, -0.2) is 15.0 Å². The molecule has 1 aliphatic heterocycles. The predicted molar refractivity (Wildman–Crippen MR) is 229 cm³/mol. The van der Waals surface area contributed by atoms with E-state index in [2.05, 4.69) is 170 Å². The molecule has 0 bridgehead atoms. The monoisotopic (exact) mass is 727 g/mol. The van der Waals surface area contributed by atoms with Crippen LogP contribution in [0.1, 0.15) is 33.4 Å². The van der Waals surface area contributed by atoms with Crippen molar-refractivity contribution in [3.63, 3.8) is 0 Å². The van der Waals surface area contributed by atoms with E-state index < -0.39 is 5.41 Å². The maximum atomic E-state index is 6.68. The van der Waals surface area contributed by atoms with E-state index in [9.17, 15) is 0 Å². The molecule has 0 amide bonds. The highest BCUT2D eigenvalue weighted by Gasteiger charge is 2.51. The Labute approximate surface area is 330 Å². The minimum absolute atomic E-state index is 0.513. The first-order chi connectivity index (χ1) is 28.2. The van der Waals surface area contributed by atoms with Crippen molar-refractivity contribution in [2.75, 3.05) is 0 Å². The third-order valence-electron chi connectivity index (χ3n) is 12.0. The number of benzene rings is 8. The Morgan fingerprint density at radius 1 is 0.421 bits per heavy atom. The van der Waals surface area contributed by atoms with Crippen molar-refractivity contribution in [1.29, 1.82) is 0 Å². The molecule has 2 aliphatic carbocycles. The Morgan fingerprint density at radius 3 is 1.77 bits per heavy atom. The predicted octanol–water partition coefficient (Wildman–Crippen LogP) is 12.7. The lowest BCUT2D eigenvalue weighted by molar-refractivity contribution is 0.436. The first kappa shape index (κ1) is 31.9. The average Bonchev–Trinajstić information content (AvgIpc) is 3.57. The Kier molecular flexibility index (Phi) is 6.87. The van der Waals surface area contributed by atoms with Gasteiger partial charge >= 0.3 is 0 Å². The van der Waals surface area contributed by atoms with Crippen LogP contribution in [0.3, 0.4) is 0 Å². The normalized spacial score (nSPS) is 13.8. The van der Waals surface area contributed by atoms with Crippen molar-refractivity contribution >= 4 is 16.8 Å². The lowest BCUT2D eigenvalue weighted by Gasteiger charge is -2.39. The molecule has 0 unspecified atom stereocenters. The van der Waals surface area contributed by atoms with Crippen molar-refractivity contribution in [2.45, 2.75) is 11.8 Å². The molecule has 1 spiro atoms. The van der Waals surface area contributed by atoms with Gasteiger partial charge < -0.3 is 4.74 Å². The zero-order valence-corrected chi connectivity index (χ0v) is 30.9. The van der Waals surface area contributed by atoms with Crippen LogP contribution < -0.4 is 4.74 Å². The standard InChI is InChI=1S/C53H33N3O/c1-2-12-35(13-3-1)50-54-51(56-52(55-50)40-30-38-16-10-14-34-15-11-17-39(31-40)49(34)38)36-26-24-33(25-27-36)37-28-29-48-46(32-37)53(45-22-8-9-23-47(45)57-48)43-20-6-4-18-41(43)42-19-5-7-21-44(42)53/h1-14,16-32H,15H2. The van der Waals surface area contributed by atoms with E-state index in [-0.39, 0.29) is 0 Å². The molecule has 0 saturated heterocycles. The zero-order valence-electron chi connectivity index (χ0n) is 30.9. The minimum Gasteiger partial charge on any atom is -0.457 e. The topological polar surface area (TPSA) is 47.9 Å². The fourth-order valence-corrected chi connectivity index (χ4v) is 9.48. The third kappa shape index (κ3) is 4.77. The summed E-state index contributed by atoms with van der Waals surface area (Å²) in [5.41, 5.74) is 14.5. The molecule has 0 saturated carbocycles. The van der Waals surface area contributed by atoms with E-state index in [0.717, 1.165) is 56.9 Å². The molecule has 1 aromatic heterocycles. The third-order valence-corrected chi connectivity index (χ3v) is 12.0. The molecule has 0 N–H and O–H groups in total. The van der Waals surface area contributed by atoms with Crippen LogP contribution in [0.5, 0.6) is 11.5 Å². The van der Waals surface area contributed by atoms with Crippen molar-refractivity contribution in [1.82, 2.24) is 15.0 Å². The summed E-state index contributed by atoms with van der Waals surface area (Å²) in [4.78, 5) is 15.2. The molecule has 0 fully saturated rings. The van der Waals surface area contributed by atoms with Gasteiger partial charge in [0.25, 0.3) is 0 Å². The van der Waals surface area contributed by atoms with Crippen LogP contribution in [0, 0.1) is 0 Å². The first-order valence-corrected chi connectivity index (χ1v) is 19.5. The van der Waals surface area contributed by atoms with Crippen LogP contribution in [-0.2, 0) is 11.8 Å². The van der Waals surface area contributed by atoms with Gasteiger partial charge in [0.1, 0.15) is 11.5 Å². The van der Waals surface area contributed by atoms with Gasteiger partial charge in [-0.15, -0.1) is 0 Å². The minimum atomic E-state index is -0.513. The lowest BCUT2D eigenvalue weighted by Crippen LogP contribution is -2.32. The second-order valence-corrected chi connectivity index (χ2v) is 15.1. The SMILES string of the molecule is C1=Cc2cc(-c3nc(-c4ccccc4)nc(-c4ccc(-c5ccc6c(c5)C5(c7ccccc7O6)c6ccccc6-c6ccccc65)cc4)n3)cc3cccc(c23)C1. The maximum Gasteiger partial charge on any atom is 0.164 e. The van der Waals surface area contributed by atoms with Crippen molar-refractivity contribution in [3.8, 4) is 67.9 Å². The molecular formula is C53H33N3O. The van der Waals surface area contributed by atoms with Crippen LogP contribution in [0.25, 0.3) is 73.3 Å². The summed E-state index contributed by atoms with van der Waals surface area (Å²) in [6.45, 7) is 0. The molecule has 4 heteroatoms. The first-order valence-electron chi connectivity index (χ1n) is 19.5. The molecule has 12 rings (SSSR count). The van der Waals surface area contributed by atoms with Crippen LogP contribution in [0.4, 0.5) is 0 Å². The molecule has 9 aromatic rings. The maximum absolute atomic E-state index is 6.68. The number of aromatic nitrogens is 3. The van der Waals surface area contributed by atoms with Gasteiger partial charge in [-0.25, -0.2) is 15.0 Å². The molecular weight excluding hydrogens is 695 g/mol. The smallest absolute Gasteiger partial charge is 0.164 e. The Hall–Kier alpha value is -7.43. The second-order valence-electron chi connectivity index (χ2n) is 15.1. The van der Waals surface area contributed by atoms with Crippen molar-refractivity contribution in [2.24, 2.45) is 0 Å². The van der Waals surface area contributed by atoms with Crippen molar-refractivity contribution < 1.29 is 4.74 Å². The highest BCUT2D eigenvalue weighted by Crippen LogP contribution is 2.62. The van der Waals surface area contributed by atoms with Gasteiger partial charge in [0.2, 0.25) is 0 Å². The van der Waals surface area contributed by atoms with Gasteiger partial charge in [0, 0.05) is 27.8 Å². The van der Waals surface area contributed by atoms with E-state index in [1.165, 1.54) is 44.2 Å². The highest BCUT2D eigenvalue weighted by atomic mass is 16.5. The van der Waals surface area contributed by atoms with E-state index >= 15 is 0 Å². The number of ether oxygens (including phenoxy) is 1. The number of para-hydroxylation sites is 1. The number of hydrogen-bond acceptors (Lipinski definition) is 4.